The van der Waals surface area contributed by atoms with Crippen LogP contribution in [0.25, 0.3) is 0 Å². The molecule has 240 valence electrons. The van der Waals surface area contributed by atoms with Gasteiger partial charge in [-0.2, -0.15) is 0 Å². The summed E-state index contributed by atoms with van der Waals surface area (Å²) in [6.45, 7) is 34.0. The monoisotopic (exact) mass is 836 g/mol. The second-order valence-corrected chi connectivity index (χ2v) is 17.8. The first-order valence-corrected chi connectivity index (χ1v) is 14.6. The Kier molecular flexibility index (Phi) is 26.2. The molecule has 0 saturated carbocycles. The van der Waals surface area contributed by atoms with E-state index in [0.717, 1.165) is 0 Å². The van der Waals surface area contributed by atoms with Crippen molar-refractivity contribution >= 4 is 0 Å². The van der Waals surface area contributed by atoms with Gasteiger partial charge in [0.2, 0.25) is 0 Å². The fourth-order valence-electron chi connectivity index (χ4n) is 2.70. The zero-order valence-corrected chi connectivity index (χ0v) is 37.4. The Bertz CT molecular complexity index is 499. The number of hydrogen-bond donors (Lipinski definition) is 0. The molecule has 0 amide bonds. The molecule has 6 nitrogen and oxygen atoms in total. The van der Waals surface area contributed by atoms with E-state index in [1.807, 2.05) is 125 Å². The fraction of sp³-hybridized carbons (Fsp3) is 1.00. The minimum Gasteiger partial charge on any atom is -0.852 e. The molecule has 0 saturated heterocycles. The molecule has 0 aromatic rings. The van der Waals surface area contributed by atoms with Crippen LogP contribution in [0.3, 0.4) is 0 Å². The molecule has 0 fully saturated rings. The van der Waals surface area contributed by atoms with E-state index in [1.54, 1.807) is 0 Å². The van der Waals surface area contributed by atoms with Gasteiger partial charge in [-0.15, -0.1) is 36.6 Å². The van der Waals surface area contributed by atoms with Gasteiger partial charge < -0.3 is 30.6 Å². The molecule has 0 aliphatic rings. The molecule has 0 aliphatic carbocycles. The second kappa shape index (κ2) is 20.4. The van der Waals surface area contributed by atoms with Crippen molar-refractivity contribution in [2.75, 3.05) is 0 Å². The summed E-state index contributed by atoms with van der Waals surface area (Å²) >= 11 is 0. The summed E-state index contributed by atoms with van der Waals surface area (Å²) in [6.07, 6.45) is -3.84. The van der Waals surface area contributed by atoms with Gasteiger partial charge in [-0.05, 0) is 0 Å². The standard InChI is InChI=1S/3C11H22O2.2La/c3*1-10(2,3)8(12)7-9(13)11(4,5)6;;/h3*8-9H,7H2,1-6H3;;/q3*-2;2*+3. The first-order valence-electron chi connectivity index (χ1n) is 14.6. The van der Waals surface area contributed by atoms with Crippen molar-refractivity contribution in [1.29, 1.82) is 0 Å². The molecule has 0 bridgehead atoms. The Labute approximate surface area is 311 Å². The quantitative estimate of drug-likeness (QED) is 0.404. The summed E-state index contributed by atoms with van der Waals surface area (Å²) in [6, 6.07) is 0. The molecule has 0 aromatic carbocycles. The molecule has 41 heavy (non-hydrogen) atoms. The summed E-state index contributed by atoms with van der Waals surface area (Å²) < 4.78 is 0. The molecule has 0 aromatic heterocycles. The second-order valence-electron chi connectivity index (χ2n) is 17.8. The Hall–Kier alpha value is 2.15. The van der Waals surface area contributed by atoms with Gasteiger partial charge in [-0.25, -0.2) is 0 Å². The van der Waals surface area contributed by atoms with Crippen LogP contribution in [0.2, 0.25) is 0 Å². The SMILES string of the molecule is CC(C)(C)C([O-])CC([O-])C(C)(C)C.CC(C)(C)C([O-])CC([O-])C(C)(C)C.CC(C)(C)C([O-])CC([O-])C(C)(C)C.[La+3].[La+3]. The third-order valence-electron chi connectivity index (χ3n) is 7.08. The van der Waals surface area contributed by atoms with Gasteiger partial charge in [0.1, 0.15) is 0 Å². The molecule has 6 atom stereocenters. The van der Waals surface area contributed by atoms with E-state index in [2.05, 4.69) is 0 Å². The minimum atomic E-state index is -0.755. The van der Waals surface area contributed by atoms with E-state index in [1.165, 1.54) is 0 Å². The van der Waals surface area contributed by atoms with E-state index in [9.17, 15) is 30.6 Å². The van der Waals surface area contributed by atoms with E-state index in [4.69, 9.17) is 0 Å². The van der Waals surface area contributed by atoms with E-state index in [0.29, 0.717) is 0 Å². The predicted molar refractivity (Wildman–Crippen MR) is 153 cm³/mol. The van der Waals surface area contributed by atoms with Crippen LogP contribution in [0, 0.1) is 104 Å². The molecule has 6 unspecified atom stereocenters. The van der Waals surface area contributed by atoms with E-state index >= 15 is 0 Å². The van der Waals surface area contributed by atoms with Crippen molar-refractivity contribution in [3.05, 3.63) is 0 Å². The summed E-state index contributed by atoms with van der Waals surface area (Å²) in [5.74, 6) is 0. The third kappa shape index (κ3) is 27.0. The number of rotatable bonds is 6. The van der Waals surface area contributed by atoms with Gasteiger partial charge in [0, 0.05) is 0 Å². The summed E-state index contributed by atoms with van der Waals surface area (Å²) in [7, 11) is 0. The van der Waals surface area contributed by atoms with Crippen molar-refractivity contribution in [2.24, 2.45) is 32.5 Å². The number of hydrogen-bond acceptors (Lipinski definition) is 6. The van der Waals surface area contributed by atoms with Crippen LogP contribution in [0.4, 0.5) is 0 Å². The van der Waals surface area contributed by atoms with Crippen molar-refractivity contribution in [3.63, 3.8) is 0 Å². The first kappa shape index (κ1) is 52.7. The summed E-state index contributed by atoms with van der Waals surface area (Å²) in [4.78, 5) is 0. The van der Waals surface area contributed by atoms with Gasteiger partial charge in [0.15, 0.2) is 0 Å². The van der Waals surface area contributed by atoms with Crippen LogP contribution < -0.4 is 30.6 Å². The summed E-state index contributed by atoms with van der Waals surface area (Å²) in [5, 5.41) is 69.6. The maximum absolute atomic E-state index is 11.6. The molecular formula is C33H66La2O6. The van der Waals surface area contributed by atoms with Crippen molar-refractivity contribution in [1.82, 2.24) is 0 Å². The minimum absolute atomic E-state index is 0. The van der Waals surface area contributed by atoms with Gasteiger partial charge in [0.05, 0.1) is 0 Å². The van der Waals surface area contributed by atoms with Gasteiger partial charge in [-0.3, -0.25) is 0 Å². The normalized spacial score (nSPS) is 17.6. The predicted octanol–water partition coefficient (Wildman–Crippen LogP) is 2.78. The van der Waals surface area contributed by atoms with E-state index in [-0.39, 0.29) is 123 Å². The molecule has 0 N–H and O–H groups in total. The van der Waals surface area contributed by atoms with Crippen molar-refractivity contribution < 1.29 is 102 Å². The molecule has 0 radical (unpaired) electrons. The molecule has 0 spiro atoms. The molecule has 0 aliphatic heterocycles. The molecular weight excluding hydrogens is 770 g/mol. The smallest absolute Gasteiger partial charge is 0.852 e. The zero-order chi connectivity index (χ0) is 32.6. The molecule has 0 rings (SSSR count). The third-order valence-corrected chi connectivity index (χ3v) is 7.08. The largest absolute Gasteiger partial charge is 3.00 e. The zero-order valence-electron chi connectivity index (χ0n) is 30.2. The molecule has 0 heterocycles. The fourth-order valence-corrected chi connectivity index (χ4v) is 2.70. The van der Waals surface area contributed by atoms with Crippen molar-refractivity contribution in [2.45, 2.75) is 181 Å². The van der Waals surface area contributed by atoms with Crippen LogP contribution in [0.15, 0.2) is 0 Å². The first-order chi connectivity index (χ1) is 16.6. The Morgan fingerprint density at radius 1 is 0.268 bits per heavy atom. The topological polar surface area (TPSA) is 138 Å². The average Bonchev–Trinajstić information content (AvgIpc) is 2.64. The van der Waals surface area contributed by atoms with Crippen LogP contribution in [-0.4, -0.2) is 36.6 Å². The average molecular weight is 837 g/mol. The van der Waals surface area contributed by atoms with E-state index < -0.39 is 36.6 Å². The maximum atomic E-state index is 11.6. The molecule has 8 heteroatoms. The van der Waals surface area contributed by atoms with Crippen LogP contribution in [-0.2, 0) is 0 Å². The van der Waals surface area contributed by atoms with Crippen LogP contribution >= 0.6 is 0 Å². The van der Waals surface area contributed by atoms with Crippen LogP contribution in [0.5, 0.6) is 0 Å². The Morgan fingerprint density at radius 3 is 0.390 bits per heavy atom. The van der Waals surface area contributed by atoms with Gasteiger partial charge in [0.25, 0.3) is 0 Å². The Balaban J connectivity index is -0.000000154. The van der Waals surface area contributed by atoms with Gasteiger partial charge >= 0.3 is 71.2 Å². The van der Waals surface area contributed by atoms with Crippen LogP contribution in [0.1, 0.15) is 144 Å². The van der Waals surface area contributed by atoms with Crippen molar-refractivity contribution in [3.8, 4) is 0 Å². The Morgan fingerprint density at radius 2 is 0.341 bits per heavy atom. The van der Waals surface area contributed by atoms with Gasteiger partial charge in [-0.1, -0.05) is 176 Å². The maximum Gasteiger partial charge on any atom is 3.00 e. The summed E-state index contributed by atoms with van der Waals surface area (Å²) in [5.41, 5.74) is -1.79.